The van der Waals surface area contributed by atoms with Crippen molar-refractivity contribution in [3.05, 3.63) is 0 Å². The first-order chi connectivity index (χ1) is 6.86. The molecular formula is C11H23NO2. The van der Waals surface area contributed by atoms with E-state index in [4.69, 9.17) is 9.47 Å². The number of ether oxygens (including phenoxy) is 2. The van der Waals surface area contributed by atoms with E-state index in [0.717, 1.165) is 19.8 Å². The van der Waals surface area contributed by atoms with Crippen LogP contribution in [0.5, 0.6) is 0 Å². The monoisotopic (exact) mass is 201 g/mol. The second-order valence-corrected chi connectivity index (χ2v) is 3.95. The van der Waals surface area contributed by atoms with Gasteiger partial charge in [-0.05, 0) is 19.4 Å². The lowest BCUT2D eigenvalue weighted by Gasteiger charge is -2.19. The van der Waals surface area contributed by atoms with Crippen LogP contribution in [0, 0.1) is 0 Å². The summed E-state index contributed by atoms with van der Waals surface area (Å²) in [5, 5.41) is 3.36. The van der Waals surface area contributed by atoms with Crippen LogP contribution in [0.3, 0.4) is 0 Å². The quantitative estimate of drug-likeness (QED) is 0.678. The van der Waals surface area contributed by atoms with Gasteiger partial charge >= 0.3 is 0 Å². The Hall–Kier alpha value is -0.120. The number of methoxy groups -OCH3 is 1. The van der Waals surface area contributed by atoms with E-state index >= 15 is 0 Å². The lowest BCUT2D eigenvalue weighted by atomic mass is 10.3. The van der Waals surface area contributed by atoms with Gasteiger partial charge in [-0.25, -0.2) is 0 Å². The zero-order chi connectivity index (χ0) is 10.2. The van der Waals surface area contributed by atoms with Gasteiger partial charge in [0.1, 0.15) is 0 Å². The van der Waals surface area contributed by atoms with Gasteiger partial charge in [-0.3, -0.25) is 0 Å². The van der Waals surface area contributed by atoms with Crippen LogP contribution in [0.2, 0.25) is 0 Å². The SMILES string of the molecule is CCNC(COC)COC1CCCC1. The van der Waals surface area contributed by atoms with E-state index in [2.05, 4.69) is 12.2 Å². The van der Waals surface area contributed by atoms with Crippen molar-refractivity contribution in [2.75, 3.05) is 26.9 Å². The molecule has 0 aromatic rings. The van der Waals surface area contributed by atoms with Crippen LogP contribution in [-0.2, 0) is 9.47 Å². The van der Waals surface area contributed by atoms with Crippen LogP contribution < -0.4 is 5.32 Å². The highest BCUT2D eigenvalue weighted by atomic mass is 16.5. The molecule has 1 N–H and O–H groups in total. The third-order valence-corrected chi connectivity index (χ3v) is 2.70. The molecule has 0 aliphatic heterocycles. The van der Waals surface area contributed by atoms with Crippen LogP contribution >= 0.6 is 0 Å². The molecule has 0 heterocycles. The fraction of sp³-hybridized carbons (Fsp3) is 1.00. The summed E-state index contributed by atoms with van der Waals surface area (Å²) in [4.78, 5) is 0. The molecule has 0 bridgehead atoms. The predicted octanol–water partition coefficient (Wildman–Crippen LogP) is 1.57. The Bertz CT molecular complexity index is 129. The summed E-state index contributed by atoms with van der Waals surface area (Å²) in [5.41, 5.74) is 0. The number of rotatable bonds is 7. The predicted molar refractivity (Wildman–Crippen MR) is 57.5 cm³/mol. The van der Waals surface area contributed by atoms with Crippen molar-refractivity contribution in [2.24, 2.45) is 0 Å². The Morgan fingerprint density at radius 2 is 2.00 bits per heavy atom. The van der Waals surface area contributed by atoms with Gasteiger partial charge in [0.25, 0.3) is 0 Å². The van der Waals surface area contributed by atoms with Crippen LogP contribution in [0.25, 0.3) is 0 Å². The lowest BCUT2D eigenvalue weighted by molar-refractivity contribution is 0.0252. The van der Waals surface area contributed by atoms with Crippen molar-refractivity contribution in [1.29, 1.82) is 0 Å². The molecule has 1 atom stereocenters. The van der Waals surface area contributed by atoms with Crippen molar-refractivity contribution in [2.45, 2.75) is 44.8 Å². The second-order valence-electron chi connectivity index (χ2n) is 3.95. The molecular weight excluding hydrogens is 178 g/mol. The average Bonchev–Trinajstić information content (AvgIpc) is 2.67. The van der Waals surface area contributed by atoms with Gasteiger partial charge in [-0.15, -0.1) is 0 Å². The minimum Gasteiger partial charge on any atom is -0.383 e. The number of hydrogen-bond acceptors (Lipinski definition) is 3. The van der Waals surface area contributed by atoms with E-state index in [1.807, 2.05) is 0 Å². The van der Waals surface area contributed by atoms with E-state index in [1.54, 1.807) is 7.11 Å². The first-order valence-electron chi connectivity index (χ1n) is 5.70. The van der Waals surface area contributed by atoms with Crippen molar-refractivity contribution >= 4 is 0 Å². The molecule has 0 saturated heterocycles. The maximum Gasteiger partial charge on any atom is 0.0645 e. The topological polar surface area (TPSA) is 30.5 Å². The van der Waals surface area contributed by atoms with Crippen LogP contribution in [-0.4, -0.2) is 39.0 Å². The average molecular weight is 201 g/mol. The summed E-state index contributed by atoms with van der Waals surface area (Å²) in [7, 11) is 1.74. The summed E-state index contributed by atoms with van der Waals surface area (Å²) in [6, 6.07) is 0.352. The lowest BCUT2D eigenvalue weighted by Crippen LogP contribution is -2.38. The molecule has 0 amide bonds. The van der Waals surface area contributed by atoms with Gasteiger partial charge in [-0.2, -0.15) is 0 Å². The van der Waals surface area contributed by atoms with E-state index in [1.165, 1.54) is 25.7 Å². The van der Waals surface area contributed by atoms with Gasteiger partial charge in [0.2, 0.25) is 0 Å². The highest BCUT2D eigenvalue weighted by Gasteiger charge is 2.17. The molecule has 1 aliphatic carbocycles. The normalized spacial score (nSPS) is 20.1. The zero-order valence-corrected chi connectivity index (χ0v) is 9.42. The molecule has 1 rings (SSSR count). The fourth-order valence-corrected chi connectivity index (χ4v) is 1.96. The van der Waals surface area contributed by atoms with E-state index < -0.39 is 0 Å². The molecule has 14 heavy (non-hydrogen) atoms. The third kappa shape index (κ3) is 4.40. The second kappa shape index (κ2) is 7.21. The van der Waals surface area contributed by atoms with Gasteiger partial charge in [0.15, 0.2) is 0 Å². The number of hydrogen-bond donors (Lipinski definition) is 1. The standard InChI is InChI=1S/C11H23NO2/c1-3-12-10(8-13-2)9-14-11-6-4-5-7-11/h10-12H,3-9H2,1-2H3. The zero-order valence-electron chi connectivity index (χ0n) is 9.42. The molecule has 0 aromatic heterocycles. The van der Waals surface area contributed by atoms with E-state index in [0.29, 0.717) is 12.1 Å². The molecule has 3 heteroatoms. The Labute approximate surface area is 87.2 Å². The molecule has 1 unspecified atom stereocenters. The summed E-state index contributed by atoms with van der Waals surface area (Å²) in [6.07, 6.45) is 5.66. The smallest absolute Gasteiger partial charge is 0.0645 e. The van der Waals surface area contributed by atoms with Gasteiger partial charge in [0.05, 0.1) is 25.4 Å². The third-order valence-electron chi connectivity index (χ3n) is 2.70. The molecule has 3 nitrogen and oxygen atoms in total. The molecule has 84 valence electrons. The molecule has 1 saturated carbocycles. The maximum atomic E-state index is 5.83. The first kappa shape index (κ1) is 12.0. The molecule has 0 radical (unpaired) electrons. The maximum absolute atomic E-state index is 5.83. The summed E-state index contributed by atoms with van der Waals surface area (Å²) < 4.78 is 11.0. The minimum atomic E-state index is 0.352. The van der Waals surface area contributed by atoms with Crippen molar-refractivity contribution < 1.29 is 9.47 Å². The van der Waals surface area contributed by atoms with Crippen molar-refractivity contribution in [3.8, 4) is 0 Å². The Balaban J connectivity index is 2.10. The van der Waals surface area contributed by atoms with Crippen LogP contribution in [0.15, 0.2) is 0 Å². The Morgan fingerprint density at radius 3 is 2.57 bits per heavy atom. The molecule has 0 spiro atoms. The van der Waals surface area contributed by atoms with E-state index in [9.17, 15) is 0 Å². The first-order valence-corrected chi connectivity index (χ1v) is 5.70. The molecule has 1 fully saturated rings. The Morgan fingerprint density at radius 1 is 1.29 bits per heavy atom. The van der Waals surface area contributed by atoms with Crippen molar-refractivity contribution in [1.82, 2.24) is 5.32 Å². The molecule has 0 aromatic carbocycles. The Kier molecular flexibility index (Phi) is 6.15. The molecule has 1 aliphatic rings. The highest BCUT2D eigenvalue weighted by Crippen LogP contribution is 2.20. The highest BCUT2D eigenvalue weighted by molar-refractivity contribution is 4.70. The van der Waals surface area contributed by atoms with E-state index in [-0.39, 0.29) is 0 Å². The minimum absolute atomic E-state index is 0.352. The number of nitrogens with one attached hydrogen (secondary N) is 1. The summed E-state index contributed by atoms with van der Waals surface area (Å²) in [5.74, 6) is 0. The van der Waals surface area contributed by atoms with Crippen LogP contribution in [0.4, 0.5) is 0 Å². The number of likely N-dealkylation sites (N-methyl/N-ethyl adjacent to an activating group) is 1. The van der Waals surface area contributed by atoms with Crippen LogP contribution in [0.1, 0.15) is 32.6 Å². The summed E-state index contributed by atoms with van der Waals surface area (Å²) >= 11 is 0. The summed E-state index contributed by atoms with van der Waals surface area (Å²) in [6.45, 7) is 4.60. The van der Waals surface area contributed by atoms with Gasteiger partial charge in [-0.1, -0.05) is 19.8 Å². The largest absolute Gasteiger partial charge is 0.383 e. The van der Waals surface area contributed by atoms with Crippen molar-refractivity contribution in [3.63, 3.8) is 0 Å². The van der Waals surface area contributed by atoms with Gasteiger partial charge < -0.3 is 14.8 Å². The fourth-order valence-electron chi connectivity index (χ4n) is 1.96. The van der Waals surface area contributed by atoms with Gasteiger partial charge in [0, 0.05) is 7.11 Å².